The van der Waals surface area contributed by atoms with Gasteiger partial charge in [0.2, 0.25) is 0 Å². The summed E-state index contributed by atoms with van der Waals surface area (Å²) in [5, 5.41) is 33.6. The van der Waals surface area contributed by atoms with Crippen molar-refractivity contribution < 1.29 is 9.84 Å². The molecule has 0 saturated carbocycles. The Balaban J connectivity index is 0.000000158. The van der Waals surface area contributed by atoms with Gasteiger partial charge in [0.1, 0.15) is 23.3 Å². The first-order valence-corrected chi connectivity index (χ1v) is 13.7. The lowest BCUT2D eigenvalue weighted by atomic mass is 10.1. The fourth-order valence-electron chi connectivity index (χ4n) is 5.15. The van der Waals surface area contributed by atoms with E-state index in [4.69, 9.17) is 20.4 Å². The molecule has 1 saturated heterocycles. The zero-order valence-corrected chi connectivity index (χ0v) is 22.9. The number of nitrogens with zero attached hydrogens (tertiary/aromatic N) is 7. The monoisotopic (exact) mass is 546 g/mol. The second-order valence-corrected chi connectivity index (χ2v) is 9.54. The SMILES string of the molecule is C1CCOC1.CCc1c(CCCO)nc2c(C#N)c[nH]n2c1=O.CCc1c2n(c3c(C#N)cnn3c1=O)CCC2. The summed E-state index contributed by atoms with van der Waals surface area (Å²) in [6, 6.07) is 4.10. The summed E-state index contributed by atoms with van der Waals surface area (Å²) in [5.74, 6) is 0. The van der Waals surface area contributed by atoms with Gasteiger partial charge in [-0.2, -0.15) is 20.1 Å². The Morgan fingerprint density at radius 2 is 1.77 bits per heavy atom. The Hall–Kier alpha value is -4.26. The smallest absolute Gasteiger partial charge is 0.277 e. The molecule has 0 radical (unpaired) electrons. The number of nitrogens with one attached hydrogen (secondary N) is 1. The van der Waals surface area contributed by atoms with E-state index in [1.807, 2.05) is 19.9 Å². The Morgan fingerprint density at radius 1 is 1.05 bits per heavy atom. The number of aliphatic hydroxyl groups is 1. The minimum absolute atomic E-state index is 0.0580. The highest BCUT2D eigenvalue weighted by atomic mass is 16.5. The van der Waals surface area contributed by atoms with Crippen LogP contribution in [-0.4, -0.2) is 53.7 Å². The normalized spacial score (nSPS) is 13.7. The summed E-state index contributed by atoms with van der Waals surface area (Å²) in [6.45, 7) is 6.80. The van der Waals surface area contributed by atoms with Crippen LogP contribution in [0.3, 0.4) is 0 Å². The number of ether oxygens (including phenoxy) is 1. The van der Waals surface area contributed by atoms with Gasteiger partial charge in [-0.25, -0.2) is 9.50 Å². The Bertz CT molecular complexity index is 1680. The third kappa shape index (κ3) is 5.55. The van der Waals surface area contributed by atoms with Gasteiger partial charge < -0.3 is 14.4 Å². The molecule has 0 aromatic carbocycles. The molecule has 0 amide bonds. The van der Waals surface area contributed by atoms with E-state index in [-0.39, 0.29) is 17.7 Å². The molecule has 2 aliphatic heterocycles. The molecule has 40 heavy (non-hydrogen) atoms. The number of rotatable bonds is 5. The maximum atomic E-state index is 12.2. The predicted molar refractivity (Wildman–Crippen MR) is 147 cm³/mol. The number of aromatic amines is 1. The topological polar surface area (TPSA) is 166 Å². The number of nitriles is 2. The summed E-state index contributed by atoms with van der Waals surface area (Å²) in [4.78, 5) is 28.8. The number of aromatic nitrogens is 6. The fraction of sp³-hybridized carbons (Fsp3) is 0.500. The van der Waals surface area contributed by atoms with Crippen LogP contribution in [-0.2, 0) is 37.0 Å². The number of aliphatic hydroxyl groups excluding tert-OH is 1. The van der Waals surface area contributed by atoms with Gasteiger partial charge in [-0.3, -0.25) is 14.7 Å². The highest BCUT2D eigenvalue weighted by Crippen LogP contribution is 2.22. The Morgan fingerprint density at radius 3 is 2.38 bits per heavy atom. The van der Waals surface area contributed by atoms with Gasteiger partial charge in [0.05, 0.1) is 11.9 Å². The summed E-state index contributed by atoms with van der Waals surface area (Å²) in [6.07, 6.45) is 9.85. The van der Waals surface area contributed by atoms with Crippen LogP contribution in [0.15, 0.2) is 22.0 Å². The molecule has 0 unspecified atom stereocenters. The van der Waals surface area contributed by atoms with E-state index in [9.17, 15) is 9.59 Å². The average Bonchev–Trinajstić information content (AvgIpc) is 3.79. The van der Waals surface area contributed by atoms with Gasteiger partial charge in [-0.1, -0.05) is 13.8 Å². The van der Waals surface area contributed by atoms with Gasteiger partial charge in [0.15, 0.2) is 11.3 Å². The Labute approximate surface area is 231 Å². The van der Waals surface area contributed by atoms with Crippen molar-refractivity contribution in [3.8, 4) is 12.1 Å². The number of aryl methyl sites for hydroxylation is 2. The van der Waals surface area contributed by atoms with Crippen LogP contribution in [0.5, 0.6) is 0 Å². The molecule has 0 bridgehead atoms. The van der Waals surface area contributed by atoms with Crippen LogP contribution < -0.4 is 11.1 Å². The molecule has 6 heterocycles. The number of fused-ring (bicyclic) bond motifs is 4. The molecule has 0 aliphatic carbocycles. The molecule has 4 aromatic heterocycles. The van der Waals surface area contributed by atoms with Crippen LogP contribution in [0.1, 0.15) is 73.2 Å². The summed E-state index contributed by atoms with van der Waals surface area (Å²) < 4.78 is 9.68. The second kappa shape index (κ2) is 13.2. The average molecular weight is 547 g/mol. The zero-order chi connectivity index (χ0) is 28.6. The van der Waals surface area contributed by atoms with Crippen molar-refractivity contribution in [2.24, 2.45) is 0 Å². The van der Waals surface area contributed by atoms with Crippen molar-refractivity contribution in [3.63, 3.8) is 0 Å². The molecule has 1 fully saturated rings. The van der Waals surface area contributed by atoms with Crippen molar-refractivity contribution in [1.82, 2.24) is 28.8 Å². The largest absolute Gasteiger partial charge is 0.396 e. The molecule has 210 valence electrons. The van der Waals surface area contributed by atoms with Crippen LogP contribution in [0.4, 0.5) is 0 Å². The third-order valence-corrected chi connectivity index (χ3v) is 7.11. The molecule has 2 aliphatic rings. The van der Waals surface area contributed by atoms with E-state index < -0.39 is 0 Å². The maximum Gasteiger partial charge on any atom is 0.277 e. The first-order chi connectivity index (χ1) is 19.5. The molecule has 6 rings (SSSR count). The first kappa shape index (κ1) is 28.7. The van der Waals surface area contributed by atoms with Crippen LogP contribution in [0, 0.1) is 22.7 Å². The first-order valence-electron chi connectivity index (χ1n) is 13.7. The van der Waals surface area contributed by atoms with Gasteiger partial charge >= 0.3 is 0 Å². The molecular weight excluding hydrogens is 512 g/mol. The van der Waals surface area contributed by atoms with Crippen LogP contribution >= 0.6 is 0 Å². The van der Waals surface area contributed by atoms with Crippen molar-refractivity contribution in [1.29, 1.82) is 10.5 Å². The second-order valence-electron chi connectivity index (χ2n) is 9.54. The molecule has 0 atom stereocenters. The quantitative estimate of drug-likeness (QED) is 0.384. The maximum absolute atomic E-state index is 12.2. The van der Waals surface area contributed by atoms with E-state index in [2.05, 4.69) is 25.8 Å². The van der Waals surface area contributed by atoms with E-state index in [1.54, 1.807) is 0 Å². The minimum Gasteiger partial charge on any atom is -0.396 e. The fourth-order valence-corrected chi connectivity index (χ4v) is 5.15. The summed E-state index contributed by atoms with van der Waals surface area (Å²) in [5.41, 5.74) is 4.82. The van der Waals surface area contributed by atoms with Gasteiger partial charge in [-0.05, 0) is 51.4 Å². The van der Waals surface area contributed by atoms with Crippen molar-refractivity contribution in [2.75, 3.05) is 19.8 Å². The lowest BCUT2D eigenvalue weighted by molar-refractivity contribution is 0.198. The number of hydrogen-bond acceptors (Lipinski definition) is 8. The van der Waals surface area contributed by atoms with Crippen molar-refractivity contribution in [3.05, 3.63) is 66.7 Å². The van der Waals surface area contributed by atoms with E-state index in [1.165, 1.54) is 34.3 Å². The van der Waals surface area contributed by atoms with E-state index >= 15 is 0 Å². The molecule has 0 spiro atoms. The van der Waals surface area contributed by atoms with Crippen LogP contribution in [0.25, 0.3) is 11.3 Å². The predicted octanol–water partition coefficient (Wildman–Crippen LogP) is 2.05. The van der Waals surface area contributed by atoms with E-state index in [0.717, 1.165) is 43.9 Å². The van der Waals surface area contributed by atoms with Crippen molar-refractivity contribution >= 4 is 11.3 Å². The summed E-state index contributed by atoms with van der Waals surface area (Å²) >= 11 is 0. The molecular formula is C28H34N8O4. The number of hydrogen-bond donors (Lipinski definition) is 2. The van der Waals surface area contributed by atoms with Crippen molar-refractivity contribution in [2.45, 2.75) is 71.8 Å². The third-order valence-electron chi connectivity index (χ3n) is 7.11. The van der Waals surface area contributed by atoms with Gasteiger partial charge in [0, 0.05) is 49.4 Å². The lowest BCUT2D eigenvalue weighted by Gasteiger charge is -2.10. The standard InChI is InChI=1S/C12H14N4O2.C12H12N4O.C4H8O/c1-2-9-10(4-3-5-17)15-11-8(6-13)7-14-16(11)12(9)18;1-2-9-10-4-3-5-15(10)11-8(6-13)7-14-16(11)12(9)17;1-2-4-5-3-1/h7,14,17H,2-5H2,1H3;7H,2-5H2,1H3;1-4H2. The summed E-state index contributed by atoms with van der Waals surface area (Å²) in [7, 11) is 0. The van der Waals surface area contributed by atoms with Gasteiger partial charge in [0.25, 0.3) is 11.1 Å². The zero-order valence-electron chi connectivity index (χ0n) is 22.9. The lowest BCUT2D eigenvalue weighted by Crippen LogP contribution is -2.24. The molecule has 12 nitrogen and oxygen atoms in total. The highest BCUT2D eigenvalue weighted by Gasteiger charge is 2.22. The highest BCUT2D eigenvalue weighted by molar-refractivity contribution is 5.57. The van der Waals surface area contributed by atoms with Crippen LogP contribution in [0.2, 0.25) is 0 Å². The molecule has 4 aromatic rings. The molecule has 12 heteroatoms. The van der Waals surface area contributed by atoms with E-state index in [0.29, 0.717) is 59.4 Å². The molecule has 2 N–H and O–H groups in total. The number of H-pyrrole nitrogens is 1. The Kier molecular flexibility index (Phi) is 9.48. The minimum atomic E-state index is -0.170. The van der Waals surface area contributed by atoms with Gasteiger partial charge in [-0.15, -0.1) is 0 Å².